The average Bonchev–Trinajstić information content (AvgIpc) is 3.57. The molecule has 2 amide bonds. The predicted molar refractivity (Wildman–Crippen MR) is 135 cm³/mol. The van der Waals surface area contributed by atoms with Crippen molar-refractivity contribution in [3.63, 3.8) is 0 Å². The maximum Gasteiger partial charge on any atom is 0.233 e. The molecule has 0 aliphatic heterocycles. The third kappa shape index (κ3) is 6.57. The van der Waals surface area contributed by atoms with Crippen LogP contribution in [0.4, 0.5) is 5.13 Å². The Morgan fingerprint density at radius 3 is 2.44 bits per heavy atom. The van der Waals surface area contributed by atoms with Crippen molar-refractivity contribution in [3.8, 4) is 5.75 Å². The monoisotopic (exact) mass is 496 g/mol. The fourth-order valence-corrected chi connectivity index (χ4v) is 5.34. The van der Waals surface area contributed by atoms with E-state index >= 15 is 0 Å². The largest absolute Gasteiger partial charge is 0.489 e. The number of carbonyl (C=O) groups excluding carboxylic acids is 2. The van der Waals surface area contributed by atoms with Crippen molar-refractivity contribution >= 4 is 40.0 Å². The van der Waals surface area contributed by atoms with Crippen molar-refractivity contribution in [2.75, 3.05) is 17.2 Å². The Morgan fingerprint density at radius 2 is 1.79 bits per heavy atom. The van der Waals surface area contributed by atoms with Gasteiger partial charge in [0, 0.05) is 26.1 Å². The zero-order chi connectivity index (χ0) is 23.9. The van der Waals surface area contributed by atoms with E-state index in [1.807, 2.05) is 66.4 Å². The van der Waals surface area contributed by atoms with E-state index in [1.165, 1.54) is 23.1 Å². The Kier molecular flexibility index (Phi) is 8.18. The van der Waals surface area contributed by atoms with Gasteiger partial charge in [0.25, 0.3) is 0 Å². The summed E-state index contributed by atoms with van der Waals surface area (Å²) in [6.07, 6.45) is 2.01. The van der Waals surface area contributed by atoms with Gasteiger partial charge in [0.15, 0.2) is 4.34 Å². The first-order valence-corrected chi connectivity index (χ1v) is 13.1. The minimum absolute atomic E-state index is 0.0140. The summed E-state index contributed by atoms with van der Waals surface area (Å²) < 4.78 is 6.55. The number of amides is 2. The molecule has 9 heteroatoms. The zero-order valence-electron chi connectivity index (χ0n) is 19.3. The first-order valence-electron chi connectivity index (χ1n) is 11.3. The third-order valence-electron chi connectivity index (χ3n) is 5.45. The Balaban J connectivity index is 1.27. The summed E-state index contributed by atoms with van der Waals surface area (Å²) in [5.41, 5.74) is 2.17. The summed E-state index contributed by atoms with van der Waals surface area (Å²) in [5.74, 6) is 1.11. The molecule has 1 fully saturated rings. The van der Waals surface area contributed by atoms with E-state index in [4.69, 9.17) is 4.74 Å². The van der Waals surface area contributed by atoms with Crippen molar-refractivity contribution < 1.29 is 14.3 Å². The van der Waals surface area contributed by atoms with Gasteiger partial charge >= 0.3 is 0 Å². The molecule has 3 aromatic rings. The highest BCUT2D eigenvalue weighted by Crippen LogP contribution is 2.35. The molecule has 178 valence electrons. The lowest BCUT2D eigenvalue weighted by Gasteiger charge is -2.21. The molecule has 0 N–H and O–H groups in total. The summed E-state index contributed by atoms with van der Waals surface area (Å²) >= 11 is 2.74. The number of hydrogen-bond acceptors (Lipinski definition) is 7. The second kappa shape index (κ2) is 11.5. The van der Waals surface area contributed by atoms with Gasteiger partial charge in [0.1, 0.15) is 12.4 Å². The first-order chi connectivity index (χ1) is 16.5. The van der Waals surface area contributed by atoms with Gasteiger partial charge in [-0.05, 0) is 43.0 Å². The van der Waals surface area contributed by atoms with Gasteiger partial charge in [0.2, 0.25) is 16.9 Å². The van der Waals surface area contributed by atoms with Crippen molar-refractivity contribution in [2.45, 2.75) is 50.2 Å². The minimum Gasteiger partial charge on any atom is -0.489 e. The van der Waals surface area contributed by atoms with Crippen molar-refractivity contribution in [2.24, 2.45) is 0 Å². The van der Waals surface area contributed by atoms with Gasteiger partial charge in [-0.3, -0.25) is 14.5 Å². The van der Waals surface area contributed by atoms with Gasteiger partial charge in [-0.25, -0.2) is 0 Å². The molecule has 0 unspecified atom stereocenters. The number of anilines is 1. The Morgan fingerprint density at radius 1 is 1.06 bits per heavy atom. The number of carbonyl (C=O) groups is 2. The lowest BCUT2D eigenvalue weighted by Crippen LogP contribution is -2.31. The SMILES string of the molecule is CCN(Cc1ccc(OCc2ccccc2)cc1)C(=O)CSc1nnc(N(C(C)=O)C2CC2)s1. The molecule has 1 heterocycles. The summed E-state index contributed by atoms with van der Waals surface area (Å²) in [6, 6.07) is 18.2. The molecule has 0 saturated heterocycles. The van der Waals surface area contributed by atoms with Crippen LogP contribution in [0.2, 0.25) is 0 Å². The van der Waals surface area contributed by atoms with Crippen LogP contribution in [0.5, 0.6) is 5.75 Å². The molecule has 1 aliphatic rings. The molecule has 4 rings (SSSR count). The molecule has 34 heavy (non-hydrogen) atoms. The number of rotatable bonds is 11. The molecule has 0 spiro atoms. The summed E-state index contributed by atoms with van der Waals surface area (Å²) in [7, 11) is 0. The maximum absolute atomic E-state index is 12.8. The van der Waals surface area contributed by atoms with Crippen LogP contribution in [0.15, 0.2) is 58.9 Å². The smallest absolute Gasteiger partial charge is 0.233 e. The van der Waals surface area contributed by atoms with Crippen LogP contribution in [0.1, 0.15) is 37.8 Å². The second-order valence-corrected chi connectivity index (χ2v) is 10.3. The van der Waals surface area contributed by atoms with Crippen LogP contribution < -0.4 is 9.64 Å². The Hall–Kier alpha value is -2.91. The van der Waals surface area contributed by atoms with E-state index in [-0.39, 0.29) is 23.6 Å². The average molecular weight is 497 g/mol. The Bertz CT molecular complexity index is 1100. The summed E-state index contributed by atoms with van der Waals surface area (Å²) in [4.78, 5) is 28.3. The van der Waals surface area contributed by atoms with Crippen molar-refractivity contribution in [3.05, 3.63) is 65.7 Å². The lowest BCUT2D eigenvalue weighted by molar-refractivity contribution is -0.128. The molecule has 1 aliphatic carbocycles. The molecule has 2 aromatic carbocycles. The van der Waals surface area contributed by atoms with E-state index in [0.29, 0.717) is 29.2 Å². The topological polar surface area (TPSA) is 75.6 Å². The molecule has 0 bridgehead atoms. The van der Waals surface area contributed by atoms with Crippen LogP contribution in [0.25, 0.3) is 0 Å². The van der Waals surface area contributed by atoms with Gasteiger partial charge in [-0.2, -0.15) is 0 Å². The normalized spacial score (nSPS) is 12.9. The van der Waals surface area contributed by atoms with Gasteiger partial charge in [-0.15, -0.1) is 10.2 Å². The first kappa shape index (κ1) is 24.2. The summed E-state index contributed by atoms with van der Waals surface area (Å²) in [6.45, 7) is 5.21. The lowest BCUT2D eigenvalue weighted by atomic mass is 10.2. The van der Waals surface area contributed by atoms with Gasteiger partial charge in [-0.1, -0.05) is 65.6 Å². The van der Waals surface area contributed by atoms with E-state index < -0.39 is 0 Å². The van der Waals surface area contributed by atoms with E-state index in [9.17, 15) is 9.59 Å². The molecule has 0 radical (unpaired) electrons. The quantitative estimate of drug-likeness (QED) is 0.281. The zero-order valence-corrected chi connectivity index (χ0v) is 21.0. The molecule has 1 saturated carbocycles. The fourth-order valence-electron chi connectivity index (χ4n) is 3.48. The van der Waals surface area contributed by atoms with E-state index in [2.05, 4.69) is 10.2 Å². The number of aromatic nitrogens is 2. The highest BCUT2D eigenvalue weighted by atomic mass is 32.2. The number of nitrogens with zero attached hydrogens (tertiary/aromatic N) is 4. The second-order valence-electron chi connectivity index (χ2n) is 8.09. The number of benzene rings is 2. The van der Waals surface area contributed by atoms with Gasteiger partial charge < -0.3 is 9.64 Å². The fraction of sp³-hybridized carbons (Fsp3) is 0.360. The highest BCUT2D eigenvalue weighted by molar-refractivity contribution is 8.01. The minimum atomic E-state index is -0.0140. The molecule has 7 nitrogen and oxygen atoms in total. The Labute approximate surface area is 208 Å². The number of ether oxygens (including phenoxy) is 1. The van der Waals surface area contributed by atoms with E-state index in [0.717, 1.165) is 29.7 Å². The molecule has 0 atom stereocenters. The third-order valence-corrected chi connectivity index (χ3v) is 7.49. The van der Waals surface area contributed by atoms with Crippen LogP contribution in [-0.2, 0) is 22.7 Å². The number of thioether (sulfide) groups is 1. The highest BCUT2D eigenvalue weighted by Gasteiger charge is 2.34. The predicted octanol–water partition coefficient (Wildman–Crippen LogP) is 4.77. The van der Waals surface area contributed by atoms with Crippen molar-refractivity contribution in [1.82, 2.24) is 15.1 Å². The van der Waals surface area contributed by atoms with E-state index in [1.54, 1.807) is 11.8 Å². The molecule has 1 aromatic heterocycles. The van der Waals surface area contributed by atoms with Crippen LogP contribution in [0.3, 0.4) is 0 Å². The standard InChI is InChI=1S/C25H28N4O3S2/c1-3-28(15-19-9-13-22(14-10-19)32-16-20-7-5-4-6-8-20)23(31)17-33-25-27-26-24(34-25)29(18(2)30)21-11-12-21/h4-10,13-14,21H,3,11-12,15-17H2,1-2H3. The van der Waals surface area contributed by atoms with Crippen LogP contribution >= 0.6 is 23.1 Å². The number of hydrogen-bond donors (Lipinski definition) is 0. The van der Waals surface area contributed by atoms with Crippen LogP contribution in [-0.4, -0.2) is 45.3 Å². The summed E-state index contributed by atoms with van der Waals surface area (Å²) in [5, 5.41) is 8.96. The molecular weight excluding hydrogens is 468 g/mol. The molecular formula is C25H28N4O3S2. The van der Waals surface area contributed by atoms with Crippen molar-refractivity contribution in [1.29, 1.82) is 0 Å². The van der Waals surface area contributed by atoms with Crippen LogP contribution in [0, 0.1) is 0 Å². The van der Waals surface area contributed by atoms with Gasteiger partial charge in [0.05, 0.1) is 5.75 Å². The maximum atomic E-state index is 12.8.